The number of fused-ring (bicyclic) bond motifs is 9. The van der Waals surface area contributed by atoms with Crippen LogP contribution in [0.1, 0.15) is 40.5 Å². The highest BCUT2D eigenvalue weighted by molar-refractivity contribution is 6.22. The van der Waals surface area contributed by atoms with Crippen molar-refractivity contribution in [3.05, 3.63) is 192 Å². The van der Waals surface area contributed by atoms with Crippen molar-refractivity contribution in [1.29, 1.82) is 0 Å². The van der Waals surface area contributed by atoms with Crippen LogP contribution in [0.25, 0.3) is 77.7 Å². The van der Waals surface area contributed by atoms with E-state index in [1.54, 1.807) is 0 Å². The number of hydrogen-bond acceptors (Lipinski definition) is 5. The number of rotatable bonds is 5. The van der Waals surface area contributed by atoms with Gasteiger partial charge in [0, 0.05) is 61.1 Å². The van der Waals surface area contributed by atoms with Gasteiger partial charge in [-0.05, 0) is 78.1 Å². The minimum absolute atomic E-state index is 0.286. The molecule has 0 bridgehead atoms. The van der Waals surface area contributed by atoms with E-state index in [4.69, 9.17) is 18.8 Å². The lowest BCUT2D eigenvalue weighted by atomic mass is 9.99. The van der Waals surface area contributed by atoms with Crippen LogP contribution in [0.2, 0.25) is 0 Å². The SMILES string of the molecule is C1=Cc2c(n(-c3ccc4c(c3)oc3ccc(-c5ccc6c(c5)oc5cccc(C7=NC(c8ccccc8)=NC(c8ccccc8)N7)c56)cc34)c3ccccc23)CC1. The van der Waals surface area contributed by atoms with E-state index in [0.717, 1.165) is 96.1 Å². The van der Waals surface area contributed by atoms with Crippen molar-refractivity contribution in [3.8, 4) is 16.8 Å². The van der Waals surface area contributed by atoms with E-state index in [0.29, 0.717) is 5.84 Å². The first kappa shape index (κ1) is 31.9. The van der Waals surface area contributed by atoms with E-state index in [1.807, 2.05) is 48.5 Å². The molecule has 0 amide bonds. The van der Waals surface area contributed by atoms with Gasteiger partial charge >= 0.3 is 0 Å². The normalized spacial score (nSPS) is 15.3. The maximum absolute atomic E-state index is 6.59. The smallest absolute Gasteiger partial charge is 0.159 e. The van der Waals surface area contributed by atoms with Crippen LogP contribution in [0.4, 0.5) is 0 Å². The fourth-order valence-corrected chi connectivity index (χ4v) is 8.86. The lowest BCUT2D eigenvalue weighted by Crippen LogP contribution is -2.33. The number of nitrogens with one attached hydrogen (secondary N) is 1. The molecule has 4 heterocycles. The third kappa shape index (κ3) is 5.11. The molecule has 1 aliphatic carbocycles. The number of hydrogen-bond donors (Lipinski definition) is 1. The van der Waals surface area contributed by atoms with Crippen molar-refractivity contribution in [1.82, 2.24) is 9.88 Å². The summed E-state index contributed by atoms with van der Waals surface area (Å²) in [5.41, 5.74) is 13.6. The summed E-state index contributed by atoms with van der Waals surface area (Å²) in [5, 5.41) is 9.17. The highest BCUT2D eigenvalue weighted by atomic mass is 16.3. The highest BCUT2D eigenvalue weighted by Crippen LogP contribution is 2.39. The van der Waals surface area contributed by atoms with Crippen LogP contribution in [0.3, 0.4) is 0 Å². The average molecular weight is 735 g/mol. The number of amidine groups is 2. The summed E-state index contributed by atoms with van der Waals surface area (Å²) in [5.74, 6) is 1.45. The molecule has 1 atom stereocenters. The van der Waals surface area contributed by atoms with Crippen LogP contribution in [0.5, 0.6) is 0 Å². The molecule has 1 unspecified atom stereocenters. The monoisotopic (exact) mass is 734 g/mol. The van der Waals surface area contributed by atoms with E-state index in [-0.39, 0.29) is 6.17 Å². The number of aromatic nitrogens is 1. The third-order valence-electron chi connectivity index (χ3n) is 11.5. The Hall–Kier alpha value is -7.44. The summed E-state index contributed by atoms with van der Waals surface area (Å²) in [6.07, 6.45) is 6.34. The van der Waals surface area contributed by atoms with Crippen LogP contribution in [-0.4, -0.2) is 16.2 Å². The second-order valence-corrected chi connectivity index (χ2v) is 14.9. The summed E-state index contributed by atoms with van der Waals surface area (Å²) in [6.45, 7) is 0. The number of aliphatic imine (C=N–C) groups is 2. The fourth-order valence-electron chi connectivity index (χ4n) is 8.86. The fraction of sp³-hybridized carbons (Fsp3) is 0.0588. The summed E-state index contributed by atoms with van der Waals surface area (Å²) < 4.78 is 15.5. The zero-order chi connectivity index (χ0) is 37.5. The van der Waals surface area contributed by atoms with E-state index < -0.39 is 0 Å². The van der Waals surface area contributed by atoms with Gasteiger partial charge in [0.2, 0.25) is 0 Å². The third-order valence-corrected chi connectivity index (χ3v) is 11.5. The molecule has 12 rings (SSSR count). The Bertz CT molecular complexity index is 3330. The van der Waals surface area contributed by atoms with Gasteiger partial charge in [0.15, 0.2) is 5.84 Å². The average Bonchev–Trinajstić information content (AvgIpc) is 3.95. The molecule has 0 radical (unpaired) electrons. The Balaban J connectivity index is 0.931. The summed E-state index contributed by atoms with van der Waals surface area (Å²) in [7, 11) is 0. The zero-order valence-corrected chi connectivity index (χ0v) is 30.8. The first-order valence-electron chi connectivity index (χ1n) is 19.5. The number of nitrogens with zero attached hydrogens (tertiary/aromatic N) is 3. The van der Waals surface area contributed by atoms with Gasteiger partial charge in [-0.3, -0.25) is 0 Å². The van der Waals surface area contributed by atoms with E-state index in [2.05, 4.69) is 131 Å². The molecule has 6 heteroatoms. The number of benzene rings is 7. The van der Waals surface area contributed by atoms with Gasteiger partial charge < -0.3 is 18.7 Å². The molecular weight excluding hydrogens is 701 g/mol. The van der Waals surface area contributed by atoms with Crippen LogP contribution in [0.15, 0.2) is 183 Å². The van der Waals surface area contributed by atoms with E-state index in [1.165, 1.54) is 22.2 Å². The Labute approximate surface area is 327 Å². The van der Waals surface area contributed by atoms with Crippen molar-refractivity contribution in [2.75, 3.05) is 0 Å². The lowest BCUT2D eigenvalue weighted by Gasteiger charge is -2.24. The molecule has 0 fully saturated rings. The summed E-state index contributed by atoms with van der Waals surface area (Å²) >= 11 is 0. The molecule has 3 aromatic heterocycles. The second kappa shape index (κ2) is 12.5. The first-order valence-corrected chi connectivity index (χ1v) is 19.5. The van der Waals surface area contributed by atoms with Crippen LogP contribution in [-0.2, 0) is 6.42 Å². The Morgan fingerprint density at radius 3 is 2.26 bits per heavy atom. The van der Waals surface area contributed by atoms with E-state index in [9.17, 15) is 0 Å². The van der Waals surface area contributed by atoms with Crippen molar-refractivity contribution < 1.29 is 8.83 Å². The molecule has 2 aliphatic rings. The quantitative estimate of drug-likeness (QED) is 0.191. The molecule has 1 aliphatic heterocycles. The minimum Gasteiger partial charge on any atom is -0.456 e. The number of para-hydroxylation sites is 1. The predicted molar refractivity (Wildman–Crippen MR) is 232 cm³/mol. The summed E-state index contributed by atoms with van der Waals surface area (Å²) in [6, 6.07) is 54.9. The van der Waals surface area contributed by atoms with Crippen molar-refractivity contribution in [2.24, 2.45) is 9.98 Å². The Kier molecular flexibility index (Phi) is 7.01. The topological polar surface area (TPSA) is 68.0 Å². The first-order chi connectivity index (χ1) is 28.2. The van der Waals surface area contributed by atoms with Gasteiger partial charge in [-0.25, -0.2) is 9.98 Å². The van der Waals surface area contributed by atoms with Crippen molar-refractivity contribution >= 4 is 72.5 Å². The lowest BCUT2D eigenvalue weighted by molar-refractivity contribution is 0.668. The van der Waals surface area contributed by atoms with Gasteiger partial charge in [-0.15, -0.1) is 0 Å². The van der Waals surface area contributed by atoms with Crippen molar-refractivity contribution in [2.45, 2.75) is 19.0 Å². The molecular formula is C51H34N4O2. The largest absolute Gasteiger partial charge is 0.456 e. The van der Waals surface area contributed by atoms with Gasteiger partial charge in [-0.2, -0.15) is 0 Å². The molecule has 270 valence electrons. The summed E-state index contributed by atoms with van der Waals surface area (Å²) in [4.78, 5) is 10.1. The molecule has 6 nitrogen and oxygen atoms in total. The van der Waals surface area contributed by atoms with Crippen LogP contribution < -0.4 is 5.32 Å². The van der Waals surface area contributed by atoms with Crippen molar-refractivity contribution in [3.63, 3.8) is 0 Å². The van der Waals surface area contributed by atoms with Gasteiger partial charge in [-0.1, -0.05) is 115 Å². The Morgan fingerprint density at radius 1 is 0.579 bits per heavy atom. The molecule has 10 aromatic rings. The van der Waals surface area contributed by atoms with Crippen LogP contribution >= 0.6 is 0 Å². The molecule has 1 N–H and O–H groups in total. The second-order valence-electron chi connectivity index (χ2n) is 14.9. The number of furan rings is 2. The highest BCUT2D eigenvalue weighted by Gasteiger charge is 2.24. The van der Waals surface area contributed by atoms with Crippen LogP contribution in [0, 0.1) is 0 Å². The molecule has 7 aromatic carbocycles. The van der Waals surface area contributed by atoms with E-state index >= 15 is 0 Å². The molecule has 0 saturated carbocycles. The molecule has 0 spiro atoms. The minimum atomic E-state index is -0.286. The zero-order valence-electron chi connectivity index (χ0n) is 30.8. The maximum atomic E-state index is 6.59. The Morgan fingerprint density at radius 2 is 1.35 bits per heavy atom. The predicted octanol–water partition coefficient (Wildman–Crippen LogP) is 12.6. The number of allylic oxidation sites excluding steroid dienone is 1. The standard InChI is InChI=1S/C51H34N4O2/c1-3-12-31(13-4-1)49-52-50(32-14-5-2-6-15-32)54-51(53-49)40-18-11-21-45-48(40)39-25-22-34(29-46(39)57-45)33-23-27-44-41(28-33)38-26-24-35(30-47(38)56-44)55-42-19-9-7-16-36(42)37-17-8-10-20-43(37)55/h1-9,11-19,21-30,49H,10,20H2,(H,52,53,54). The van der Waals surface area contributed by atoms with Gasteiger partial charge in [0.1, 0.15) is 34.3 Å². The molecule has 0 saturated heterocycles. The maximum Gasteiger partial charge on any atom is 0.159 e. The van der Waals surface area contributed by atoms with Gasteiger partial charge in [0.25, 0.3) is 0 Å². The van der Waals surface area contributed by atoms with Gasteiger partial charge in [0.05, 0.1) is 5.52 Å². The molecule has 57 heavy (non-hydrogen) atoms.